The zero-order valence-electron chi connectivity index (χ0n) is 17.6. The van der Waals surface area contributed by atoms with Crippen molar-refractivity contribution in [1.82, 2.24) is 4.98 Å². The van der Waals surface area contributed by atoms with Crippen LogP contribution in [-0.2, 0) is 0 Å². The van der Waals surface area contributed by atoms with Gasteiger partial charge in [-0.2, -0.15) is 0 Å². The van der Waals surface area contributed by atoms with E-state index in [9.17, 15) is 5.11 Å². The number of nitrogens with one attached hydrogen (secondary N) is 1. The Morgan fingerprint density at radius 3 is 2.28 bits per heavy atom. The maximum absolute atomic E-state index is 10.6. The van der Waals surface area contributed by atoms with Gasteiger partial charge < -0.3 is 25.3 Å². The van der Waals surface area contributed by atoms with Crippen LogP contribution in [0.25, 0.3) is 10.9 Å². The molecule has 1 unspecified atom stereocenters. The average Bonchev–Trinajstić information content (AvgIpc) is 3.05. The zero-order valence-corrected chi connectivity index (χ0v) is 17.6. The van der Waals surface area contributed by atoms with Gasteiger partial charge in [0.15, 0.2) is 17.4 Å². The average molecular weight is 396 g/mol. The fourth-order valence-electron chi connectivity index (χ4n) is 3.42. The van der Waals surface area contributed by atoms with Crippen LogP contribution < -0.4 is 15.2 Å². The molecule has 1 atom stereocenters. The van der Waals surface area contributed by atoms with Gasteiger partial charge in [-0.1, -0.05) is 32.9 Å². The van der Waals surface area contributed by atoms with Gasteiger partial charge in [0.2, 0.25) is 0 Å². The van der Waals surface area contributed by atoms with E-state index in [0.717, 1.165) is 27.9 Å². The van der Waals surface area contributed by atoms with E-state index in [1.54, 1.807) is 14.2 Å². The molecular weight excluding hydrogens is 366 g/mol. The Labute approximate surface area is 171 Å². The second-order valence-corrected chi connectivity index (χ2v) is 7.37. The molecule has 4 N–H and O–H groups in total. The summed E-state index contributed by atoms with van der Waals surface area (Å²) in [5.74, 6) is 1.64. The number of benzene rings is 2. The van der Waals surface area contributed by atoms with Crippen molar-refractivity contribution >= 4 is 22.3 Å². The molecule has 0 saturated carbocycles. The molecule has 3 rings (SSSR count). The second-order valence-electron chi connectivity index (χ2n) is 7.37. The van der Waals surface area contributed by atoms with E-state index in [1.807, 2.05) is 43.3 Å². The highest BCUT2D eigenvalue weighted by Gasteiger charge is 2.19. The van der Waals surface area contributed by atoms with Crippen molar-refractivity contribution in [1.29, 1.82) is 0 Å². The van der Waals surface area contributed by atoms with Gasteiger partial charge in [-0.3, -0.25) is 4.99 Å². The summed E-state index contributed by atoms with van der Waals surface area (Å²) in [7, 11) is 3.18. The van der Waals surface area contributed by atoms with E-state index in [1.165, 1.54) is 0 Å². The lowest BCUT2D eigenvalue weighted by molar-refractivity contribution is 0.356. The maximum atomic E-state index is 10.6. The molecular formula is C23H29N3O3. The van der Waals surface area contributed by atoms with Gasteiger partial charge >= 0.3 is 0 Å². The molecule has 0 aliphatic heterocycles. The maximum Gasteiger partial charge on any atom is 0.198 e. The molecule has 0 fully saturated rings. The molecule has 0 aliphatic rings. The summed E-state index contributed by atoms with van der Waals surface area (Å²) in [6.45, 7) is 6.23. The van der Waals surface area contributed by atoms with Crippen molar-refractivity contribution in [2.75, 3.05) is 14.2 Å². The Bertz CT molecular complexity index is 1020. The van der Waals surface area contributed by atoms with Gasteiger partial charge in [-0.05, 0) is 36.1 Å². The Balaban J connectivity index is 2.05. The number of H-pyrrole nitrogens is 1. The minimum Gasteiger partial charge on any atom is -0.494 e. The molecule has 1 aromatic heterocycles. The van der Waals surface area contributed by atoms with Crippen molar-refractivity contribution in [3.8, 4) is 17.4 Å². The number of aromatic hydroxyl groups is 1. The van der Waals surface area contributed by atoms with Gasteiger partial charge in [-0.15, -0.1) is 0 Å². The first-order chi connectivity index (χ1) is 13.9. The van der Waals surface area contributed by atoms with E-state index < -0.39 is 0 Å². The summed E-state index contributed by atoms with van der Waals surface area (Å²) in [4.78, 5) is 7.81. The molecule has 6 heteroatoms. The SMILES string of the molecule is CCC(=Nc1ccc(C(N)C(C)C)cc1)c1c(O)[nH]c2cc(OC)c(OC)cc12. The number of hydrogen-bond acceptors (Lipinski definition) is 5. The van der Waals surface area contributed by atoms with Crippen molar-refractivity contribution in [2.24, 2.45) is 16.6 Å². The summed E-state index contributed by atoms with van der Waals surface area (Å²) in [6.07, 6.45) is 0.655. The number of nitrogens with zero attached hydrogens (tertiary/aromatic N) is 1. The third-order valence-electron chi connectivity index (χ3n) is 5.17. The molecule has 0 bridgehead atoms. The molecule has 29 heavy (non-hydrogen) atoms. The third-order valence-corrected chi connectivity index (χ3v) is 5.17. The third kappa shape index (κ3) is 4.07. The molecule has 0 amide bonds. The topological polar surface area (TPSA) is 92.9 Å². The van der Waals surface area contributed by atoms with Crippen molar-refractivity contribution in [2.45, 2.75) is 33.2 Å². The van der Waals surface area contributed by atoms with E-state index in [4.69, 9.17) is 20.2 Å². The quantitative estimate of drug-likeness (QED) is 0.487. The first kappa shape index (κ1) is 20.7. The van der Waals surface area contributed by atoms with Gasteiger partial charge in [0.25, 0.3) is 0 Å². The number of hydrogen-bond donors (Lipinski definition) is 3. The number of nitrogens with two attached hydrogens (primary N) is 1. The first-order valence-electron chi connectivity index (χ1n) is 9.79. The van der Waals surface area contributed by atoms with Crippen LogP contribution in [0.3, 0.4) is 0 Å². The van der Waals surface area contributed by atoms with Crippen LogP contribution in [0.2, 0.25) is 0 Å². The molecule has 154 valence electrons. The lowest BCUT2D eigenvalue weighted by atomic mass is 9.97. The zero-order chi connectivity index (χ0) is 21.1. The van der Waals surface area contributed by atoms with Crippen LogP contribution in [-0.4, -0.2) is 30.0 Å². The van der Waals surface area contributed by atoms with Crippen molar-refractivity contribution < 1.29 is 14.6 Å². The van der Waals surface area contributed by atoms with Crippen LogP contribution in [0.1, 0.15) is 44.4 Å². The van der Waals surface area contributed by atoms with Crippen LogP contribution >= 0.6 is 0 Å². The van der Waals surface area contributed by atoms with E-state index in [0.29, 0.717) is 29.4 Å². The van der Waals surface area contributed by atoms with Crippen LogP contribution in [0.15, 0.2) is 41.4 Å². The Kier molecular flexibility index (Phi) is 6.13. The number of aromatic amines is 1. The lowest BCUT2D eigenvalue weighted by Gasteiger charge is -2.16. The van der Waals surface area contributed by atoms with Crippen LogP contribution in [0, 0.1) is 5.92 Å². The number of fused-ring (bicyclic) bond motifs is 1. The Morgan fingerprint density at radius 2 is 1.72 bits per heavy atom. The van der Waals surface area contributed by atoms with Crippen LogP contribution in [0.4, 0.5) is 5.69 Å². The number of methoxy groups -OCH3 is 2. The van der Waals surface area contributed by atoms with Gasteiger partial charge in [0.05, 0.1) is 36.7 Å². The summed E-state index contributed by atoms with van der Waals surface area (Å²) < 4.78 is 10.8. The molecule has 2 aromatic carbocycles. The number of aromatic nitrogens is 1. The summed E-state index contributed by atoms with van der Waals surface area (Å²) >= 11 is 0. The molecule has 0 spiro atoms. The minimum atomic E-state index is -0.00113. The molecule has 0 aliphatic carbocycles. The fourth-order valence-corrected chi connectivity index (χ4v) is 3.42. The fraction of sp³-hybridized carbons (Fsp3) is 0.348. The monoisotopic (exact) mass is 395 g/mol. The van der Waals surface area contributed by atoms with Crippen molar-refractivity contribution in [3.05, 3.63) is 47.5 Å². The molecule has 3 aromatic rings. The normalized spacial score (nSPS) is 13.1. The Morgan fingerprint density at radius 1 is 1.10 bits per heavy atom. The van der Waals surface area contributed by atoms with Gasteiger partial charge in [0.1, 0.15) is 0 Å². The highest BCUT2D eigenvalue weighted by Crippen LogP contribution is 2.37. The number of rotatable bonds is 7. The predicted molar refractivity (Wildman–Crippen MR) is 118 cm³/mol. The lowest BCUT2D eigenvalue weighted by Crippen LogP contribution is -2.16. The standard InChI is InChI=1S/C23H29N3O3/c1-6-17(25-15-9-7-14(8-10-15)22(24)13(2)3)21-16-11-19(28-4)20(29-5)12-18(16)26-23(21)27/h7-13,22,26-27H,6,24H2,1-5H3. The first-order valence-corrected chi connectivity index (χ1v) is 9.79. The van der Waals surface area contributed by atoms with Crippen molar-refractivity contribution in [3.63, 3.8) is 0 Å². The molecule has 1 heterocycles. The van der Waals surface area contributed by atoms with Gasteiger partial charge in [-0.25, -0.2) is 0 Å². The molecule has 6 nitrogen and oxygen atoms in total. The minimum absolute atomic E-state index is 0.00113. The van der Waals surface area contributed by atoms with E-state index in [2.05, 4.69) is 18.8 Å². The number of aliphatic imine (C=N–C) groups is 1. The van der Waals surface area contributed by atoms with Gasteiger partial charge in [0, 0.05) is 17.5 Å². The van der Waals surface area contributed by atoms with E-state index in [-0.39, 0.29) is 11.9 Å². The smallest absolute Gasteiger partial charge is 0.198 e. The second kappa shape index (κ2) is 8.57. The number of ether oxygens (including phenoxy) is 2. The highest BCUT2D eigenvalue weighted by molar-refractivity contribution is 6.14. The molecule has 0 saturated heterocycles. The summed E-state index contributed by atoms with van der Waals surface area (Å²) in [6, 6.07) is 11.6. The molecule has 0 radical (unpaired) electrons. The largest absolute Gasteiger partial charge is 0.494 e. The highest BCUT2D eigenvalue weighted by atomic mass is 16.5. The van der Waals surface area contributed by atoms with Crippen LogP contribution in [0.5, 0.6) is 17.4 Å². The summed E-state index contributed by atoms with van der Waals surface area (Å²) in [5, 5.41) is 11.4. The summed E-state index contributed by atoms with van der Waals surface area (Å²) in [5.41, 5.74) is 10.3. The predicted octanol–water partition coefficient (Wildman–Crippen LogP) is 5.08. The van der Waals surface area contributed by atoms with E-state index >= 15 is 0 Å². The Hall–Kier alpha value is -2.99.